The van der Waals surface area contributed by atoms with Gasteiger partial charge in [0, 0.05) is 6.04 Å². The number of hydrogen-bond acceptors (Lipinski definition) is 3. The number of ether oxygens (including phenoxy) is 1. The molecule has 1 aliphatic rings. The number of esters is 1. The average molecular weight is 171 g/mol. The smallest absolute Gasteiger partial charge is 0.323 e. The highest BCUT2D eigenvalue weighted by Gasteiger charge is 2.33. The van der Waals surface area contributed by atoms with E-state index >= 15 is 0 Å². The van der Waals surface area contributed by atoms with Crippen LogP contribution in [0.15, 0.2) is 0 Å². The molecule has 0 radical (unpaired) electrons. The van der Waals surface area contributed by atoms with Gasteiger partial charge >= 0.3 is 5.97 Å². The van der Waals surface area contributed by atoms with E-state index in [1.807, 2.05) is 14.0 Å². The summed E-state index contributed by atoms with van der Waals surface area (Å²) in [6, 6.07) is 0.580. The predicted octanol–water partition coefficient (Wildman–Crippen LogP) is 1.03. The molecule has 3 heteroatoms. The number of carbonyl (C=O) groups excluding carboxylic acids is 1. The van der Waals surface area contributed by atoms with E-state index in [0.717, 1.165) is 6.42 Å². The lowest BCUT2D eigenvalue weighted by atomic mass is 10.2. The van der Waals surface area contributed by atoms with Gasteiger partial charge in [0.1, 0.15) is 6.04 Å². The molecule has 1 fully saturated rings. The van der Waals surface area contributed by atoms with Gasteiger partial charge in [-0.05, 0) is 26.3 Å². The van der Waals surface area contributed by atoms with Crippen molar-refractivity contribution in [3.8, 4) is 0 Å². The van der Waals surface area contributed by atoms with Crippen molar-refractivity contribution < 1.29 is 9.53 Å². The van der Waals surface area contributed by atoms with Gasteiger partial charge in [-0.15, -0.1) is 0 Å². The maximum Gasteiger partial charge on any atom is 0.323 e. The third kappa shape index (κ3) is 1.97. The molecule has 12 heavy (non-hydrogen) atoms. The van der Waals surface area contributed by atoms with Crippen LogP contribution in [0.25, 0.3) is 0 Å². The second-order valence-corrected chi connectivity index (χ2v) is 3.34. The molecule has 0 aromatic heterocycles. The Morgan fingerprint density at radius 3 is 2.58 bits per heavy atom. The third-order valence-electron chi connectivity index (χ3n) is 2.47. The zero-order valence-electron chi connectivity index (χ0n) is 8.04. The molecule has 3 nitrogen and oxygen atoms in total. The monoisotopic (exact) mass is 171 g/mol. The molecule has 0 aromatic carbocycles. The van der Waals surface area contributed by atoms with Crippen molar-refractivity contribution in [2.75, 3.05) is 14.2 Å². The summed E-state index contributed by atoms with van der Waals surface area (Å²) in [7, 11) is 3.45. The van der Waals surface area contributed by atoms with Gasteiger partial charge in [-0.3, -0.25) is 9.69 Å². The highest BCUT2D eigenvalue weighted by molar-refractivity contribution is 5.75. The normalized spacial score (nSPS) is 19.3. The first-order chi connectivity index (χ1) is 5.70. The topological polar surface area (TPSA) is 29.5 Å². The van der Waals surface area contributed by atoms with Crippen LogP contribution < -0.4 is 0 Å². The van der Waals surface area contributed by atoms with E-state index in [2.05, 4.69) is 4.90 Å². The van der Waals surface area contributed by atoms with Crippen molar-refractivity contribution in [3.63, 3.8) is 0 Å². The molecule has 0 spiro atoms. The quantitative estimate of drug-likeness (QED) is 0.592. The Morgan fingerprint density at radius 1 is 1.67 bits per heavy atom. The van der Waals surface area contributed by atoms with Crippen molar-refractivity contribution in [1.29, 1.82) is 0 Å². The average Bonchev–Trinajstić information content (AvgIpc) is 2.87. The second kappa shape index (κ2) is 3.90. The van der Waals surface area contributed by atoms with Crippen LogP contribution in [0, 0.1) is 0 Å². The fraction of sp³-hybridized carbons (Fsp3) is 0.889. The summed E-state index contributed by atoms with van der Waals surface area (Å²) in [5, 5.41) is 0. The second-order valence-electron chi connectivity index (χ2n) is 3.34. The minimum atomic E-state index is -0.105. The van der Waals surface area contributed by atoms with Crippen molar-refractivity contribution in [1.82, 2.24) is 4.90 Å². The van der Waals surface area contributed by atoms with Gasteiger partial charge in [-0.2, -0.15) is 0 Å². The van der Waals surface area contributed by atoms with Crippen molar-refractivity contribution >= 4 is 5.97 Å². The fourth-order valence-corrected chi connectivity index (χ4v) is 1.49. The molecule has 1 aliphatic carbocycles. The van der Waals surface area contributed by atoms with Crippen LogP contribution in [-0.2, 0) is 9.53 Å². The summed E-state index contributed by atoms with van der Waals surface area (Å²) < 4.78 is 4.72. The fourth-order valence-electron chi connectivity index (χ4n) is 1.49. The summed E-state index contributed by atoms with van der Waals surface area (Å²) in [6.07, 6.45) is 3.29. The zero-order valence-corrected chi connectivity index (χ0v) is 8.04. The Bertz CT molecular complexity index is 166. The Labute approximate surface area is 73.7 Å². The van der Waals surface area contributed by atoms with Gasteiger partial charge in [0.15, 0.2) is 0 Å². The van der Waals surface area contributed by atoms with Gasteiger partial charge in [-0.1, -0.05) is 6.92 Å². The Kier molecular flexibility index (Phi) is 3.09. The lowest BCUT2D eigenvalue weighted by Gasteiger charge is -2.24. The minimum Gasteiger partial charge on any atom is -0.468 e. The predicted molar refractivity (Wildman–Crippen MR) is 46.9 cm³/mol. The number of methoxy groups -OCH3 is 1. The largest absolute Gasteiger partial charge is 0.468 e. The molecule has 0 aromatic rings. The number of hydrogen-bond donors (Lipinski definition) is 0. The van der Waals surface area contributed by atoms with E-state index in [1.54, 1.807) is 0 Å². The highest BCUT2D eigenvalue weighted by Crippen LogP contribution is 2.27. The molecular weight excluding hydrogens is 154 g/mol. The Morgan fingerprint density at radius 2 is 2.25 bits per heavy atom. The highest BCUT2D eigenvalue weighted by atomic mass is 16.5. The molecule has 1 rings (SSSR count). The number of rotatable bonds is 4. The number of nitrogens with zero attached hydrogens (tertiary/aromatic N) is 1. The first kappa shape index (κ1) is 9.52. The van der Waals surface area contributed by atoms with Crippen LogP contribution in [0.1, 0.15) is 26.2 Å². The summed E-state index contributed by atoms with van der Waals surface area (Å²) in [5.74, 6) is -0.105. The summed E-state index contributed by atoms with van der Waals surface area (Å²) >= 11 is 0. The maximum absolute atomic E-state index is 11.3. The molecule has 0 heterocycles. The minimum absolute atomic E-state index is 0.0394. The first-order valence-corrected chi connectivity index (χ1v) is 4.50. The van der Waals surface area contributed by atoms with Gasteiger partial charge in [-0.25, -0.2) is 0 Å². The summed E-state index contributed by atoms with van der Waals surface area (Å²) in [4.78, 5) is 13.4. The van der Waals surface area contributed by atoms with E-state index in [-0.39, 0.29) is 12.0 Å². The SMILES string of the molecule is CCC(C(=O)OC)N(C)C1CC1. The lowest BCUT2D eigenvalue weighted by Crippen LogP contribution is -2.40. The molecule has 0 saturated heterocycles. The molecule has 70 valence electrons. The standard InChI is InChI=1S/C9H17NO2/c1-4-8(9(11)12-3)10(2)7-5-6-7/h7-8H,4-6H2,1-3H3. The van der Waals surface area contributed by atoms with Gasteiger partial charge in [0.05, 0.1) is 7.11 Å². The van der Waals surface area contributed by atoms with Crippen LogP contribution in [0.3, 0.4) is 0 Å². The third-order valence-corrected chi connectivity index (χ3v) is 2.47. The molecule has 0 aliphatic heterocycles. The van der Waals surface area contributed by atoms with Crippen LogP contribution in [0.2, 0.25) is 0 Å². The lowest BCUT2D eigenvalue weighted by molar-refractivity contribution is -0.146. The van der Waals surface area contributed by atoms with Crippen LogP contribution >= 0.6 is 0 Å². The van der Waals surface area contributed by atoms with E-state index in [9.17, 15) is 4.79 Å². The summed E-state index contributed by atoms with van der Waals surface area (Å²) in [5.41, 5.74) is 0. The maximum atomic E-state index is 11.3. The molecule has 1 unspecified atom stereocenters. The first-order valence-electron chi connectivity index (χ1n) is 4.50. The van der Waals surface area contributed by atoms with Gasteiger partial charge in [0.2, 0.25) is 0 Å². The zero-order chi connectivity index (χ0) is 9.14. The molecular formula is C9H17NO2. The summed E-state index contributed by atoms with van der Waals surface area (Å²) in [6.45, 7) is 2.01. The molecule has 0 amide bonds. The number of carbonyl (C=O) groups is 1. The van der Waals surface area contributed by atoms with E-state index in [4.69, 9.17) is 4.74 Å². The van der Waals surface area contributed by atoms with Crippen LogP contribution in [0.5, 0.6) is 0 Å². The van der Waals surface area contributed by atoms with Crippen LogP contribution in [-0.4, -0.2) is 37.1 Å². The van der Waals surface area contributed by atoms with Crippen molar-refractivity contribution in [2.45, 2.75) is 38.3 Å². The van der Waals surface area contributed by atoms with E-state index in [0.29, 0.717) is 6.04 Å². The van der Waals surface area contributed by atoms with Crippen molar-refractivity contribution in [2.24, 2.45) is 0 Å². The Balaban J connectivity index is 2.47. The molecule has 0 bridgehead atoms. The molecule has 1 atom stereocenters. The van der Waals surface area contributed by atoms with E-state index in [1.165, 1.54) is 20.0 Å². The molecule has 0 N–H and O–H groups in total. The van der Waals surface area contributed by atoms with Crippen LogP contribution in [0.4, 0.5) is 0 Å². The van der Waals surface area contributed by atoms with Gasteiger partial charge < -0.3 is 4.74 Å². The molecule has 1 saturated carbocycles. The van der Waals surface area contributed by atoms with Crippen molar-refractivity contribution in [3.05, 3.63) is 0 Å². The van der Waals surface area contributed by atoms with E-state index < -0.39 is 0 Å². The Hall–Kier alpha value is -0.570. The van der Waals surface area contributed by atoms with Gasteiger partial charge in [0.25, 0.3) is 0 Å². The number of likely N-dealkylation sites (N-methyl/N-ethyl adjacent to an activating group) is 1.